The number of piperidine rings is 1. The van der Waals surface area contributed by atoms with Gasteiger partial charge in [-0.1, -0.05) is 0 Å². The van der Waals surface area contributed by atoms with Gasteiger partial charge in [0.15, 0.2) is 5.82 Å². The van der Waals surface area contributed by atoms with Crippen LogP contribution in [0.5, 0.6) is 0 Å². The highest BCUT2D eigenvalue weighted by atomic mass is 16.1. The number of ketones is 1. The Balaban J connectivity index is 2.00. The molecule has 2 aromatic heterocycles. The van der Waals surface area contributed by atoms with Crippen molar-refractivity contribution in [3.05, 3.63) is 35.8 Å². The van der Waals surface area contributed by atoms with Crippen LogP contribution in [0.4, 0.5) is 5.82 Å². The van der Waals surface area contributed by atoms with Crippen LogP contribution in [0.1, 0.15) is 24.1 Å². The molecule has 0 radical (unpaired) electrons. The van der Waals surface area contributed by atoms with Crippen LogP contribution in [0, 0.1) is 13.8 Å². The topological polar surface area (TPSA) is 59.0 Å². The summed E-state index contributed by atoms with van der Waals surface area (Å²) in [6.45, 7) is 5.51. The maximum absolute atomic E-state index is 11.4. The van der Waals surface area contributed by atoms with Crippen LogP contribution >= 0.6 is 0 Å². The summed E-state index contributed by atoms with van der Waals surface area (Å²) < 4.78 is 0. The highest BCUT2D eigenvalue weighted by molar-refractivity contribution is 5.81. The zero-order valence-corrected chi connectivity index (χ0v) is 12.3. The van der Waals surface area contributed by atoms with Gasteiger partial charge in [0.1, 0.15) is 11.6 Å². The summed E-state index contributed by atoms with van der Waals surface area (Å²) in [7, 11) is 0. The van der Waals surface area contributed by atoms with E-state index >= 15 is 0 Å². The molecule has 2 aromatic rings. The molecule has 1 aliphatic rings. The molecule has 0 atom stereocenters. The minimum Gasteiger partial charge on any atom is -0.355 e. The lowest BCUT2D eigenvalue weighted by atomic mass is 10.1. The fourth-order valence-corrected chi connectivity index (χ4v) is 2.51. The number of hydrogen-bond donors (Lipinski definition) is 0. The first kappa shape index (κ1) is 13.7. The van der Waals surface area contributed by atoms with E-state index in [-0.39, 0.29) is 0 Å². The lowest BCUT2D eigenvalue weighted by Crippen LogP contribution is -2.35. The fourth-order valence-electron chi connectivity index (χ4n) is 2.51. The third kappa shape index (κ3) is 2.77. The summed E-state index contributed by atoms with van der Waals surface area (Å²) in [5.74, 6) is 1.97. The van der Waals surface area contributed by atoms with Crippen molar-refractivity contribution in [2.45, 2.75) is 26.7 Å². The second-order valence-electron chi connectivity index (χ2n) is 5.35. The molecule has 0 amide bonds. The number of rotatable bonds is 2. The van der Waals surface area contributed by atoms with Gasteiger partial charge < -0.3 is 4.90 Å². The number of anilines is 1. The van der Waals surface area contributed by atoms with Gasteiger partial charge >= 0.3 is 0 Å². The molecule has 1 aliphatic heterocycles. The second kappa shape index (κ2) is 5.60. The molecule has 0 aromatic carbocycles. The maximum Gasteiger partial charge on any atom is 0.163 e. The Labute approximate surface area is 124 Å². The Hall–Kier alpha value is -2.30. The van der Waals surface area contributed by atoms with E-state index < -0.39 is 0 Å². The lowest BCUT2D eigenvalue weighted by molar-refractivity contribution is -0.119. The molecule has 0 spiro atoms. The average Bonchev–Trinajstić information content (AvgIpc) is 2.52. The first-order chi connectivity index (χ1) is 10.1. The molecule has 0 N–H and O–H groups in total. The minimum atomic E-state index is 0.335. The highest BCUT2D eigenvalue weighted by Gasteiger charge is 2.21. The Bertz CT molecular complexity index is 659. The molecule has 0 bridgehead atoms. The van der Waals surface area contributed by atoms with Crippen LogP contribution < -0.4 is 4.90 Å². The number of aromatic nitrogens is 3. The van der Waals surface area contributed by atoms with Crippen molar-refractivity contribution in [3.8, 4) is 11.4 Å². The largest absolute Gasteiger partial charge is 0.355 e. The smallest absolute Gasteiger partial charge is 0.163 e. The molecule has 5 nitrogen and oxygen atoms in total. The predicted octanol–water partition coefficient (Wildman–Crippen LogP) is 2.32. The lowest BCUT2D eigenvalue weighted by Gasteiger charge is -2.29. The molecule has 5 heteroatoms. The standard InChI is InChI=1S/C16H18N4O/c1-11-12(2)18-15(13-4-3-7-17-10-13)19-16(11)20-8-5-14(21)6-9-20/h3-4,7,10H,5-6,8-9H2,1-2H3. The van der Waals surface area contributed by atoms with E-state index in [1.807, 2.05) is 26.0 Å². The molecule has 1 saturated heterocycles. The molecule has 1 fully saturated rings. The van der Waals surface area contributed by atoms with Crippen molar-refractivity contribution in [2.24, 2.45) is 0 Å². The quantitative estimate of drug-likeness (QED) is 0.846. The molecule has 0 aliphatic carbocycles. The number of carbonyl (C=O) groups is 1. The third-order valence-corrected chi connectivity index (χ3v) is 3.90. The van der Waals surface area contributed by atoms with E-state index in [1.165, 1.54) is 0 Å². The van der Waals surface area contributed by atoms with Crippen LogP contribution in [0.2, 0.25) is 0 Å². The van der Waals surface area contributed by atoms with Crippen LogP contribution in [0.25, 0.3) is 11.4 Å². The number of aryl methyl sites for hydroxylation is 1. The Kier molecular flexibility index (Phi) is 3.64. The van der Waals surface area contributed by atoms with Gasteiger partial charge in [0.05, 0.1) is 0 Å². The maximum atomic E-state index is 11.4. The average molecular weight is 282 g/mol. The summed E-state index contributed by atoms with van der Waals surface area (Å²) in [6, 6.07) is 3.84. The number of carbonyl (C=O) groups excluding carboxylic acids is 1. The van der Waals surface area contributed by atoms with Gasteiger partial charge in [-0.05, 0) is 26.0 Å². The zero-order valence-electron chi connectivity index (χ0n) is 12.3. The van der Waals surface area contributed by atoms with E-state index in [0.717, 1.165) is 35.7 Å². The molecule has 108 valence electrons. The summed E-state index contributed by atoms with van der Waals surface area (Å²) in [4.78, 5) is 27.0. The first-order valence-corrected chi connectivity index (χ1v) is 7.17. The van der Waals surface area contributed by atoms with Crippen LogP contribution in [-0.2, 0) is 4.79 Å². The third-order valence-electron chi connectivity index (χ3n) is 3.90. The van der Waals surface area contributed by atoms with E-state index in [2.05, 4.69) is 14.9 Å². The van der Waals surface area contributed by atoms with E-state index in [0.29, 0.717) is 24.4 Å². The van der Waals surface area contributed by atoms with Gasteiger partial charge in [0.25, 0.3) is 0 Å². The van der Waals surface area contributed by atoms with Crippen molar-refractivity contribution in [2.75, 3.05) is 18.0 Å². The molecule has 21 heavy (non-hydrogen) atoms. The molecule has 0 unspecified atom stereocenters. The van der Waals surface area contributed by atoms with Crippen LogP contribution in [0.3, 0.4) is 0 Å². The fraction of sp³-hybridized carbons (Fsp3) is 0.375. The van der Waals surface area contributed by atoms with Crippen molar-refractivity contribution >= 4 is 11.6 Å². The predicted molar refractivity (Wildman–Crippen MR) is 81.2 cm³/mol. The first-order valence-electron chi connectivity index (χ1n) is 7.17. The molecular weight excluding hydrogens is 264 g/mol. The van der Waals surface area contributed by atoms with Crippen molar-refractivity contribution < 1.29 is 4.79 Å². The van der Waals surface area contributed by atoms with E-state index in [4.69, 9.17) is 4.98 Å². The monoisotopic (exact) mass is 282 g/mol. The Morgan fingerprint density at radius 2 is 1.90 bits per heavy atom. The SMILES string of the molecule is Cc1nc(-c2cccnc2)nc(N2CCC(=O)CC2)c1C. The van der Waals surface area contributed by atoms with Gasteiger partial charge in [-0.15, -0.1) is 0 Å². The zero-order chi connectivity index (χ0) is 14.8. The summed E-state index contributed by atoms with van der Waals surface area (Å²) >= 11 is 0. The summed E-state index contributed by atoms with van der Waals surface area (Å²) in [5.41, 5.74) is 2.96. The van der Waals surface area contributed by atoms with Gasteiger partial charge in [-0.2, -0.15) is 0 Å². The van der Waals surface area contributed by atoms with Crippen molar-refractivity contribution in [1.29, 1.82) is 0 Å². The number of nitrogens with zero attached hydrogens (tertiary/aromatic N) is 4. The Morgan fingerprint density at radius 1 is 1.14 bits per heavy atom. The number of Topliss-reactive ketones (excluding diaryl/α,β-unsaturated/α-hetero) is 1. The van der Waals surface area contributed by atoms with Gasteiger partial charge in [-0.3, -0.25) is 9.78 Å². The molecule has 3 rings (SSSR count). The number of pyridine rings is 1. The van der Waals surface area contributed by atoms with Crippen LogP contribution in [-0.4, -0.2) is 33.8 Å². The Morgan fingerprint density at radius 3 is 2.57 bits per heavy atom. The van der Waals surface area contributed by atoms with Gasteiger partial charge in [0.2, 0.25) is 0 Å². The van der Waals surface area contributed by atoms with Crippen molar-refractivity contribution in [3.63, 3.8) is 0 Å². The highest BCUT2D eigenvalue weighted by Crippen LogP contribution is 2.25. The van der Waals surface area contributed by atoms with Crippen LogP contribution in [0.15, 0.2) is 24.5 Å². The number of hydrogen-bond acceptors (Lipinski definition) is 5. The second-order valence-corrected chi connectivity index (χ2v) is 5.35. The van der Waals surface area contributed by atoms with E-state index in [9.17, 15) is 4.79 Å². The minimum absolute atomic E-state index is 0.335. The van der Waals surface area contributed by atoms with Gasteiger partial charge in [0, 0.05) is 55.1 Å². The summed E-state index contributed by atoms with van der Waals surface area (Å²) in [5, 5.41) is 0. The molecular formula is C16H18N4O. The van der Waals surface area contributed by atoms with Crippen molar-refractivity contribution in [1.82, 2.24) is 15.0 Å². The molecule has 3 heterocycles. The normalized spacial score (nSPS) is 15.3. The molecule has 0 saturated carbocycles. The van der Waals surface area contributed by atoms with Gasteiger partial charge in [-0.25, -0.2) is 9.97 Å². The summed E-state index contributed by atoms with van der Waals surface area (Å²) in [6.07, 6.45) is 4.71. The van der Waals surface area contributed by atoms with E-state index in [1.54, 1.807) is 12.4 Å².